The number of nitro groups is 1. The molecule has 9 heteroatoms. The molecular formula is C18H12N6O3. The first-order valence-corrected chi connectivity index (χ1v) is 7.66. The topological polar surface area (TPSA) is 159 Å². The van der Waals surface area contributed by atoms with E-state index in [0.29, 0.717) is 17.1 Å². The van der Waals surface area contributed by atoms with Crippen LogP contribution in [0.4, 0.5) is 11.5 Å². The molecule has 2 heterocycles. The predicted octanol–water partition coefficient (Wildman–Crippen LogP) is 3.40. The van der Waals surface area contributed by atoms with Gasteiger partial charge in [-0.1, -0.05) is 6.07 Å². The molecule has 0 bridgehead atoms. The van der Waals surface area contributed by atoms with E-state index < -0.39 is 4.92 Å². The Hall–Kier alpha value is -4.37. The highest BCUT2D eigenvalue weighted by Crippen LogP contribution is 2.30. The molecule has 1 aromatic carbocycles. The summed E-state index contributed by atoms with van der Waals surface area (Å²) >= 11 is 0. The summed E-state index contributed by atoms with van der Waals surface area (Å²) in [5.74, 6) is 0.759. The van der Waals surface area contributed by atoms with Crippen molar-refractivity contribution < 1.29 is 9.34 Å². The highest BCUT2D eigenvalue weighted by Gasteiger charge is 2.16. The van der Waals surface area contributed by atoms with Gasteiger partial charge in [0.2, 0.25) is 0 Å². The standard InChI is InChI=1S/C18H12N6O3/c1-10-2-3-12(24(25)26)7-14(10)16-5-4-13(27-16)6-11(8-19)17-15(9-20)18(21)23-22-17/h2-7H,1H3,(H3,21,22,23)/b11-6+. The van der Waals surface area contributed by atoms with Gasteiger partial charge in [-0.05, 0) is 24.6 Å². The van der Waals surface area contributed by atoms with E-state index in [4.69, 9.17) is 15.4 Å². The lowest BCUT2D eigenvalue weighted by Gasteiger charge is -2.02. The van der Waals surface area contributed by atoms with Gasteiger partial charge in [-0.2, -0.15) is 15.6 Å². The van der Waals surface area contributed by atoms with Crippen LogP contribution in [-0.4, -0.2) is 15.1 Å². The molecular weight excluding hydrogens is 348 g/mol. The fourth-order valence-electron chi connectivity index (χ4n) is 2.53. The molecule has 0 amide bonds. The SMILES string of the molecule is Cc1ccc([N+](=O)[O-])cc1-c1ccc(/C=C(\C#N)c2[nH]nc(N)c2C#N)o1. The first-order valence-electron chi connectivity index (χ1n) is 7.66. The average Bonchev–Trinajstić information content (AvgIpc) is 3.26. The highest BCUT2D eigenvalue weighted by atomic mass is 16.6. The van der Waals surface area contributed by atoms with Gasteiger partial charge in [0.05, 0.1) is 16.2 Å². The number of H-pyrrole nitrogens is 1. The molecule has 0 aliphatic rings. The van der Waals surface area contributed by atoms with Crippen LogP contribution in [0.15, 0.2) is 34.7 Å². The zero-order valence-electron chi connectivity index (χ0n) is 14.1. The number of anilines is 1. The highest BCUT2D eigenvalue weighted by molar-refractivity contribution is 5.90. The van der Waals surface area contributed by atoms with Crippen molar-refractivity contribution in [2.75, 3.05) is 5.73 Å². The minimum Gasteiger partial charge on any atom is -0.457 e. The first kappa shape index (κ1) is 17.5. The van der Waals surface area contributed by atoms with Crippen LogP contribution < -0.4 is 5.73 Å². The summed E-state index contributed by atoms with van der Waals surface area (Å²) in [7, 11) is 0. The smallest absolute Gasteiger partial charge is 0.270 e. The Morgan fingerprint density at radius 3 is 2.81 bits per heavy atom. The van der Waals surface area contributed by atoms with Crippen molar-refractivity contribution >= 4 is 23.2 Å². The second kappa shape index (κ2) is 6.86. The fraction of sp³-hybridized carbons (Fsp3) is 0.0556. The average molecular weight is 360 g/mol. The number of rotatable bonds is 4. The number of nitrogens with zero attached hydrogens (tertiary/aromatic N) is 4. The lowest BCUT2D eigenvalue weighted by atomic mass is 10.1. The number of aryl methyl sites for hydroxylation is 1. The second-order valence-corrected chi connectivity index (χ2v) is 5.60. The van der Waals surface area contributed by atoms with Crippen LogP contribution >= 0.6 is 0 Å². The lowest BCUT2D eigenvalue weighted by molar-refractivity contribution is -0.384. The summed E-state index contributed by atoms with van der Waals surface area (Å²) in [6.07, 6.45) is 1.43. The van der Waals surface area contributed by atoms with Gasteiger partial charge in [0.15, 0.2) is 5.82 Å². The number of non-ortho nitro benzene ring substituents is 1. The van der Waals surface area contributed by atoms with Crippen molar-refractivity contribution in [1.29, 1.82) is 10.5 Å². The number of allylic oxidation sites excluding steroid dienone is 1. The fourth-order valence-corrected chi connectivity index (χ4v) is 2.53. The number of nitrogens with two attached hydrogens (primary N) is 1. The van der Waals surface area contributed by atoms with Gasteiger partial charge < -0.3 is 10.2 Å². The number of nitro benzene ring substituents is 1. The monoisotopic (exact) mass is 360 g/mol. The van der Waals surface area contributed by atoms with Crippen LogP contribution in [-0.2, 0) is 0 Å². The zero-order valence-corrected chi connectivity index (χ0v) is 14.1. The van der Waals surface area contributed by atoms with Crippen LogP contribution in [0, 0.1) is 39.7 Å². The largest absolute Gasteiger partial charge is 0.457 e. The van der Waals surface area contributed by atoms with Gasteiger partial charge in [0.25, 0.3) is 5.69 Å². The Balaban J connectivity index is 2.02. The van der Waals surface area contributed by atoms with Gasteiger partial charge in [0.1, 0.15) is 29.2 Å². The minimum atomic E-state index is -0.480. The molecule has 27 heavy (non-hydrogen) atoms. The number of nitriles is 2. The maximum Gasteiger partial charge on any atom is 0.270 e. The molecule has 3 N–H and O–H groups in total. The Morgan fingerprint density at radius 2 is 2.15 bits per heavy atom. The molecule has 0 aliphatic heterocycles. The van der Waals surface area contributed by atoms with E-state index in [-0.39, 0.29) is 28.3 Å². The van der Waals surface area contributed by atoms with Gasteiger partial charge in [-0.3, -0.25) is 15.2 Å². The molecule has 132 valence electrons. The summed E-state index contributed by atoms with van der Waals surface area (Å²) in [5.41, 5.74) is 7.31. The number of aromatic amines is 1. The molecule has 0 aliphatic carbocycles. The molecule has 0 saturated carbocycles. The van der Waals surface area contributed by atoms with Gasteiger partial charge >= 0.3 is 0 Å². The number of aromatic nitrogens is 2. The number of nitrogen functional groups attached to an aromatic ring is 1. The van der Waals surface area contributed by atoms with Crippen LogP contribution in [0.3, 0.4) is 0 Å². The Bertz CT molecular complexity index is 1160. The van der Waals surface area contributed by atoms with Gasteiger partial charge in [-0.25, -0.2) is 0 Å². The van der Waals surface area contributed by atoms with E-state index >= 15 is 0 Å². The quantitative estimate of drug-likeness (QED) is 0.409. The molecule has 3 rings (SSSR count). The Labute approximate surface area is 153 Å². The minimum absolute atomic E-state index is 0.000929. The number of benzene rings is 1. The maximum absolute atomic E-state index is 11.0. The van der Waals surface area contributed by atoms with E-state index in [1.54, 1.807) is 18.2 Å². The third-order valence-electron chi connectivity index (χ3n) is 3.91. The van der Waals surface area contributed by atoms with Crippen LogP contribution in [0.2, 0.25) is 0 Å². The lowest BCUT2D eigenvalue weighted by Crippen LogP contribution is -1.90. The number of furan rings is 1. The summed E-state index contributed by atoms with van der Waals surface area (Å²) in [4.78, 5) is 10.5. The zero-order chi connectivity index (χ0) is 19.6. The van der Waals surface area contributed by atoms with Crippen molar-refractivity contribution in [3.8, 4) is 23.5 Å². The summed E-state index contributed by atoms with van der Waals surface area (Å²) in [5, 5.41) is 35.8. The Morgan fingerprint density at radius 1 is 1.37 bits per heavy atom. The summed E-state index contributed by atoms with van der Waals surface area (Å²) < 4.78 is 5.72. The van der Waals surface area contributed by atoms with Crippen LogP contribution in [0.1, 0.15) is 22.6 Å². The number of hydrogen-bond donors (Lipinski definition) is 2. The maximum atomic E-state index is 11.0. The summed E-state index contributed by atoms with van der Waals surface area (Å²) in [6.45, 7) is 1.81. The Kier molecular flexibility index (Phi) is 4.43. The van der Waals surface area contributed by atoms with Crippen LogP contribution in [0.5, 0.6) is 0 Å². The molecule has 0 fully saturated rings. The predicted molar refractivity (Wildman–Crippen MR) is 96.7 cm³/mol. The van der Waals surface area contributed by atoms with Gasteiger partial charge in [-0.15, -0.1) is 0 Å². The molecule has 0 radical (unpaired) electrons. The van der Waals surface area contributed by atoms with E-state index in [2.05, 4.69) is 10.2 Å². The van der Waals surface area contributed by atoms with Gasteiger partial charge in [0, 0.05) is 23.8 Å². The molecule has 0 saturated heterocycles. The summed E-state index contributed by atoms with van der Waals surface area (Å²) in [6, 6.07) is 11.6. The molecule has 3 aromatic rings. The van der Waals surface area contributed by atoms with E-state index in [0.717, 1.165) is 5.56 Å². The molecule has 9 nitrogen and oxygen atoms in total. The molecule has 0 spiro atoms. The van der Waals surface area contributed by atoms with Crippen molar-refractivity contribution in [2.24, 2.45) is 0 Å². The van der Waals surface area contributed by atoms with Crippen LogP contribution in [0.25, 0.3) is 23.0 Å². The third-order valence-corrected chi connectivity index (χ3v) is 3.91. The van der Waals surface area contributed by atoms with Crippen molar-refractivity contribution in [2.45, 2.75) is 6.92 Å². The molecule has 0 atom stereocenters. The normalized spacial score (nSPS) is 11.0. The number of hydrogen-bond acceptors (Lipinski definition) is 7. The molecule has 2 aromatic heterocycles. The third kappa shape index (κ3) is 3.25. The second-order valence-electron chi connectivity index (χ2n) is 5.60. The number of nitrogens with one attached hydrogen (secondary N) is 1. The van der Waals surface area contributed by atoms with E-state index in [9.17, 15) is 15.4 Å². The first-order chi connectivity index (χ1) is 12.9. The molecule has 0 unspecified atom stereocenters. The van der Waals surface area contributed by atoms with Crippen molar-refractivity contribution in [3.05, 3.63) is 63.0 Å². The van der Waals surface area contributed by atoms with E-state index in [1.807, 2.05) is 19.1 Å². The van der Waals surface area contributed by atoms with E-state index in [1.165, 1.54) is 18.2 Å². The van der Waals surface area contributed by atoms with Crippen molar-refractivity contribution in [3.63, 3.8) is 0 Å². The van der Waals surface area contributed by atoms with Crippen molar-refractivity contribution in [1.82, 2.24) is 10.2 Å².